The maximum Gasteiger partial charge on any atom is 0.178 e. The molecule has 0 radical (unpaired) electrons. The van der Waals surface area contributed by atoms with Gasteiger partial charge in [0, 0.05) is 0 Å². The van der Waals surface area contributed by atoms with Gasteiger partial charge in [-0.2, -0.15) is 0 Å². The van der Waals surface area contributed by atoms with Gasteiger partial charge in [0.05, 0.1) is 26.8 Å². The van der Waals surface area contributed by atoms with Crippen LogP contribution in [0.5, 0.6) is 0 Å². The van der Waals surface area contributed by atoms with E-state index in [-0.39, 0.29) is 11.7 Å². The summed E-state index contributed by atoms with van der Waals surface area (Å²) < 4.78 is 26.2. The largest absolute Gasteiger partial charge is 0.224 e. The van der Waals surface area contributed by atoms with E-state index in [0.29, 0.717) is 16.7 Å². The van der Waals surface area contributed by atoms with Gasteiger partial charge >= 0.3 is 0 Å². The zero-order valence-corrected chi connectivity index (χ0v) is 20.4. The summed E-state index contributed by atoms with van der Waals surface area (Å²) >= 11 is 0. The summed E-state index contributed by atoms with van der Waals surface area (Å²) in [6.45, 7) is 14.7. The molecule has 0 heterocycles. The van der Waals surface area contributed by atoms with E-state index >= 15 is 0 Å². The van der Waals surface area contributed by atoms with Crippen molar-refractivity contribution in [3.63, 3.8) is 0 Å². The maximum atomic E-state index is 13.1. The van der Waals surface area contributed by atoms with Crippen molar-refractivity contribution in [2.75, 3.05) is 5.75 Å². The van der Waals surface area contributed by atoms with Crippen LogP contribution in [0.15, 0.2) is 57.8 Å². The van der Waals surface area contributed by atoms with E-state index in [2.05, 4.69) is 51.4 Å². The fourth-order valence-electron chi connectivity index (χ4n) is 5.20. The van der Waals surface area contributed by atoms with Crippen LogP contribution in [0.25, 0.3) is 0 Å². The third kappa shape index (κ3) is 4.25. The monoisotopic (exact) mass is 418 g/mol. The number of hydrogen-bond acceptors (Lipinski definition) is 2. The zero-order valence-electron chi connectivity index (χ0n) is 17.6. The first-order chi connectivity index (χ1) is 12.4. The number of hydrogen-bond donors (Lipinski definition) is 0. The van der Waals surface area contributed by atoms with E-state index < -0.39 is 26.0 Å². The quantitative estimate of drug-likeness (QED) is 0.452. The van der Waals surface area contributed by atoms with Crippen LogP contribution in [0, 0.1) is 17.8 Å². The predicted molar refractivity (Wildman–Crippen MR) is 121 cm³/mol. The lowest BCUT2D eigenvalue weighted by Crippen LogP contribution is -2.37. The molecule has 2 nitrogen and oxygen atoms in total. The number of sulfone groups is 1. The van der Waals surface area contributed by atoms with Gasteiger partial charge in [-0.15, -0.1) is 0 Å². The van der Waals surface area contributed by atoms with Gasteiger partial charge in [0.2, 0.25) is 0 Å². The first-order valence-corrected chi connectivity index (χ1v) is 18.8. The third-order valence-electron chi connectivity index (χ3n) is 6.07. The molecular formula is C22H34O2SSi2. The molecule has 27 heavy (non-hydrogen) atoms. The summed E-state index contributed by atoms with van der Waals surface area (Å²) in [4.78, 5) is 0.469. The summed E-state index contributed by atoms with van der Waals surface area (Å²) in [5.41, 5.74) is 0. The summed E-state index contributed by atoms with van der Waals surface area (Å²) in [6.07, 6.45) is 6.70. The number of fused-ring (bicyclic) bond motifs is 2. The van der Waals surface area contributed by atoms with Gasteiger partial charge in [-0.25, -0.2) is 8.42 Å². The Labute approximate surface area is 167 Å². The second-order valence-electron chi connectivity index (χ2n) is 10.3. The second-order valence-corrected chi connectivity index (χ2v) is 22.4. The standard InChI is InChI=1S/C22H34O2SSi2/c1-26(2,3)21-17-11-10-12-18(20(15-17)22(21)27(4,5)6)16-25(23,24)19-13-8-7-9-14-19/h7-11,13-14,17-18,20H,12,15-16H2,1-6H3/t17-,18+,20-/m1/s1. The van der Waals surface area contributed by atoms with E-state index in [0.717, 1.165) is 12.8 Å². The van der Waals surface area contributed by atoms with E-state index in [1.54, 1.807) is 22.5 Å². The van der Waals surface area contributed by atoms with Crippen molar-refractivity contribution in [3.05, 3.63) is 52.9 Å². The molecule has 0 saturated carbocycles. The Balaban J connectivity index is 2.03. The van der Waals surface area contributed by atoms with Gasteiger partial charge < -0.3 is 0 Å². The molecule has 1 aromatic rings. The first-order valence-electron chi connectivity index (χ1n) is 10.1. The molecule has 0 unspecified atom stereocenters. The van der Waals surface area contributed by atoms with Crippen molar-refractivity contribution in [3.8, 4) is 0 Å². The van der Waals surface area contributed by atoms with Crippen molar-refractivity contribution < 1.29 is 8.42 Å². The van der Waals surface area contributed by atoms with Gasteiger partial charge in [-0.3, -0.25) is 0 Å². The highest BCUT2D eigenvalue weighted by atomic mass is 32.2. The molecule has 2 aliphatic rings. The Morgan fingerprint density at radius 2 is 1.52 bits per heavy atom. The van der Waals surface area contributed by atoms with Crippen LogP contribution >= 0.6 is 0 Å². The minimum atomic E-state index is -3.25. The lowest BCUT2D eigenvalue weighted by atomic mass is 9.91. The van der Waals surface area contributed by atoms with Gasteiger partial charge in [-0.05, 0) is 42.7 Å². The van der Waals surface area contributed by atoms with Crippen LogP contribution in [0.2, 0.25) is 39.3 Å². The molecule has 3 atom stereocenters. The fraction of sp³-hybridized carbons (Fsp3) is 0.545. The molecule has 0 aliphatic heterocycles. The van der Waals surface area contributed by atoms with E-state index in [4.69, 9.17) is 0 Å². The fourth-order valence-corrected chi connectivity index (χ4v) is 13.9. The molecule has 148 valence electrons. The Morgan fingerprint density at radius 3 is 2.07 bits per heavy atom. The zero-order chi connectivity index (χ0) is 20.0. The summed E-state index contributed by atoms with van der Waals surface area (Å²) in [5, 5.41) is 3.45. The van der Waals surface area contributed by atoms with Crippen LogP contribution in [-0.4, -0.2) is 30.3 Å². The average Bonchev–Trinajstić information content (AvgIpc) is 2.84. The molecule has 2 aliphatic carbocycles. The van der Waals surface area contributed by atoms with Crippen molar-refractivity contribution in [2.45, 2.75) is 57.0 Å². The highest BCUT2D eigenvalue weighted by molar-refractivity contribution is 7.91. The molecule has 0 amide bonds. The molecular weight excluding hydrogens is 384 g/mol. The van der Waals surface area contributed by atoms with Crippen LogP contribution in [0.3, 0.4) is 0 Å². The average molecular weight is 419 g/mol. The van der Waals surface area contributed by atoms with Gasteiger partial charge in [0.25, 0.3) is 0 Å². The van der Waals surface area contributed by atoms with Crippen molar-refractivity contribution >= 4 is 26.0 Å². The van der Waals surface area contributed by atoms with Crippen LogP contribution in [0.4, 0.5) is 0 Å². The highest BCUT2D eigenvalue weighted by Crippen LogP contribution is 2.51. The highest BCUT2D eigenvalue weighted by Gasteiger charge is 2.46. The normalized spacial score (nSPS) is 26.4. The van der Waals surface area contributed by atoms with Gasteiger partial charge in [0.15, 0.2) is 9.84 Å². The lowest BCUT2D eigenvalue weighted by Gasteiger charge is -2.35. The summed E-state index contributed by atoms with van der Waals surface area (Å²) in [5.74, 6) is 1.46. The smallest absolute Gasteiger partial charge is 0.178 e. The molecule has 0 N–H and O–H groups in total. The summed E-state index contributed by atoms with van der Waals surface area (Å²) in [6, 6.07) is 9.00. The Bertz CT molecular complexity index is 856. The lowest BCUT2D eigenvalue weighted by molar-refractivity contribution is 0.411. The van der Waals surface area contributed by atoms with Gasteiger partial charge in [0.1, 0.15) is 0 Å². The molecule has 1 aromatic carbocycles. The Hall–Kier alpha value is -0.916. The number of allylic oxidation sites excluding steroid dienone is 4. The van der Waals surface area contributed by atoms with Crippen LogP contribution < -0.4 is 0 Å². The minimum Gasteiger partial charge on any atom is -0.224 e. The van der Waals surface area contributed by atoms with E-state index in [9.17, 15) is 8.42 Å². The Morgan fingerprint density at radius 1 is 0.926 bits per heavy atom. The van der Waals surface area contributed by atoms with Crippen LogP contribution in [-0.2, 0) is 9.84 Å². The summed E-state index contributed by atoms with van der Waals surface area (Å²) in [7, 11) is -6.21. The topological polar surface area (TPSA) is 34.1 Å². The molecule has 0 fully saturated rings. The van der Waals surface area contributed by atoms with Gasteiger partial charge in [-0.1, -0.05) is 80.0 Å². The number of rotatable bonds is 5. The number of benzene rings is 1. The maximum absolute atomic E-state index is 13.1. The van der Waals surface area contributed by atoms with Crippen molar-refractivity contribution in [2.24, 2.45) is 17.8 Å². The van der Waals surface area contributed by atoms with E-state index in [1.807, 2.05) is 18.2 Å². The van der Waals surface area contributed by atoms with Crippen molar-refractivity contribution in [1.82, 2.24) is 0 Å². The van der Waals surface area contributed by atoms with Crippen molar-refractivity contribution in [1.29, 1.82) is 0 Å². The molecule has 0 aromatic heterocycles. The Kier molecular flexibility index (Phi) is 5.52. The molecule has 3 rings (SSSR count). The molecule has 2 bridgehead atoms. The SMILES string of the molecule is C[Si](C)(C)C1=C([Si](C)(C)C)[C@@H]2C[C@H]1C=CC[C@H]2CS(=O)(=O)c1ccccc1. The van der Waals surface area contributed by atoms with E-state index in [1.165, 1.54) is 0 Å². The third-order valence-corrected chi connectivity index (χ3v) is 12.7. The van der Waals surface area contributed by atoms with Crippen LogP contribution in [0.1, 0.15) is 12.8 Å². The molecule has 0 spiro atoms. The second kappa shape index (κ2) is 7.16. The predicted octanol–water partition coefficient (Wildman–Crippen LogP) is 5.72. The molecule has 5 heteroatoms. The molecule has 0 saturated heterocycles. The minimum absolute atomic E-state index is 0.201. The first kappa shape index (κ1) is 20.8.